The van der Waals surface area contributed by atoms with Gasteiger partial charge in [-0.05, 0) is 23.8 Å². The van der Waals surface area contributed by atoms with Crippen molar-refractivity contribution in [3.63, 3.8) is 0 Å². The van der Waals surface area contributed by atoms with Crippen LogP contribution < -0.4 is 0 Å². The first-order valence-electron chi connectivity index (χ1n) is 3.37. The summed E-state index contributed by atoms with van der Waals surface area (Å²) >= 11 is 2.99. The summed E-state index contributed by atoms with van der Waals surface area (Å²) in [4.78, 5) is 10.3. The zero-order valence-corrected chi connectivity index (χ0v) is 7.95. The molecule has 5 heteroatoms. The highest BCUT2D eigenvalue weighted by atomic mass is 79.9. The van der Waals surface area contributed by atoms with Gasteiger partial charge in [0.1, 0.15) is 5.82 Å². The van der Waals surface area contributed by atoms with E-state index < -0.39 is 17.9 Å². The molecule has 1 aromatic carbocycles. The molecule has 0 fully saturated rings. The highest BCUT2D eigenvalue weighted by molar-refractivity contribution is 9.10. The molecule has 0 aliphatic heterocycles. The summed E-state index contributed by atoms with van der Waals surface area (Å²) in [5.41, 5.74) is 0.0133. The molecule has 3 nitrogen and oxygen atoms in total. The number of carbonyl (C=O) groups is 1. The molecule has 0 saturated heterocycles. The molecule has 1 rings (SSSR count). The first-order chi connectivity index (χ1) is 6.00. The van der Waals surface area contributed by atoms with Crippen molar-refractivity contribution in [1.29, 1.82) is 0 Å². The smallest absolute Gasteiger partial charge is 0.337 e. The monoisotopic (exact) mass is 248 g/mol. The summed E-state index contributed by atoms with van der Waals surface area (Å²) in [7, 11) is 0. The molecule has 0 saturated carbocycles. The molecular formula is C8H6BrFO3. The normalized spacial score (nSPS) is 12.5. The third-order valence-electron chi connectivity index (χ3n) is 1.43. The standard InChI is InChI=1S/C8H6BrFO3/c9-5-1-4(2-6(10)3-5)7(11)8(12)13/h1-3,7,11H,(H,12,13)/t7-/m1/s1. The van der Waals surface area contributed by atoms with Gasteiger partial charge in [-0.2, -0.15) is 0 Å². The maximum absolute atomic E-state index is 12.7. The van der Waals surface area contributed by atoms with Gasteiger partial charge in [-0.25, -0.2) is 9.18 Å². The number of halogens is 2. The van der Waals surface area contributed by atoms with E-state index in [-0.39, 0.29) is 5.56 Å². The number of rotatable bonds is 2. The molecule has 70 valence electrons. The van der Waals surface area contributed by atoms with Crippen molar-refractivity contribution in [3.05, 3.63) is 34.1 Å². The van der Waals surface area contributed by atoms with Crippen LogP contribution in [0, 0.1) is 5.82 Å². The number of carboxylic acids is 1. The fourth-order valence-electron chi connectivity index (χ4n) is 0.876. The molecule has 1 atom stereocenters. The van der Waals surface area contributed by atoms with Crippen LogP contribution in [-0.4, -0.2) is 16.2 Å². The Kier molecular flexibility index (Phi) is 3.00. The molecule has 0 heterocycles. The van der Waals surface area contributed by atoms with Crippen LogP contribution >= 0.6 is 15.9 Å². The molecule has 0 radical (unpaired) electrons. The average molecular weight is 249 g/mol. The van der Waals surface area contributed by atoms with Crippen molar-refractivity contribution in [1.82, 2.24) is 0 Å². The lowest BCUT2D eigenvalue weighted by molar-refractivity contribution is -0.146. The number of hydrogen-bond donors (Lipinski definition) is 2. The molecule has 2 N–H and O–H groups in total. The highest BCUT2D eigenvalue weighted by Crippen LogP contribution is 2.20. The van der Waals surface area contributed by atoms with Crippen LogP contribution in [0.5, 0.6) is 0 Å². The Balaban J connectivity index is 3.07. The number of benzene rings is 1. The lowest BCUT2D eigenvalue weighted by atomic mass is 10.1. The lowest BCUT2D eigenvalue weighted by Crippen LogP contribution is -2.10. The van der Waals surface area contributed by atoms with E-state index in [1.165, 1.54) is 12.1 Å². The quantitative estimate of drug-likeness (QED) is 0.838. The van der Waals surface area contributed by atoms with Crippen LogP contribution in [0.1, 0.15) is 11.7 Å². The van der Waals surface area contributed by atoms with Crippen LogP contribution in [0.25, 0.3) is 0 Å². The Hall–Kier alpha value is -0.940. The Labute approximate surface area is 81.9 Å². The Bertz CT molecular complexity index is 320. The van der Waals surface area contributed by atoms with Crippen LogP contribution in [-0.2, 0) is 4.79 Å². The predicted octanol–water partition coefficient (Wildman–Crippen LogP) is 1.71. The van der Waals surface area contributed by atoms with Gasteiger partial charge in [-0.15, -0.1) is 0 Å². The number of hydrogen-bond acceptors (Lipinski definition) is 2. The molecule has 1 aromatic rings. The van der Waals surface area contributed by atoms with Crippen molar-refractivity contribution < 1.29 is 19.4 Å². The minimum absolute atomic E-state index is 0.0133. The van der Waals surface area contributed by atoms with Gasteiger partial charge in [0, 0.05) is 4.47 Å². The van der Waals surface area contributed by atoms with Gasteiger partial charge >= 0.3 is 5.97 Å². The summed E-state index contributed by atoms with van der Waals surface area (Å²) in [5, 5.41) is 17.5. The summed E-state index contributed by atoms with van der Waals surface area (Å²) in [6.07, 6.45) is -1.69. The molecule has 0 amide bonds. The second-order valence-corrected chi connectivity index (χ2v) is 3.36. The topological polar surface area (TPSA) is 57.5 Å². The molecule has 13 heavy (non-hydrogen) atoms. The largest absolute Gasteiger partial charge is 0.479 e. The minimum atomic E-state index is -1.69. The Morgan fingerprint density at radius 2 is 2.08 bits per heavy atom. The Morgan fingerprint density at radius 3 is 2.54 bits per heavy atom. The first kappa shape index (κ1) is 10.1. The molecular weight excluding hydrogens is 243 g/mol. The number of aliphatic hydroxyl groups excluding tert-OH is 1. The van der Waals surface area contributed by atoms with E-state index in [1.807, 2.05) is 0 Å². The van der Waals surface area contributed by atoms with E-state index in [1.54, 1.807) is 0 Å². The van der Waals surface area contributed by atoms with Crippen molar-refractivity contribution in [3.8, 4) is 0 Å². The van der Waals surface area contributed by atoms with E-state index in [0.29, 0.717) is 4.47 Å². The first-order valence-corrected chi connectivity index (χ1v) is 4.17. The summed E-state index contributed by atoms with van der Waals surface area (Å²) in [6, 6.07) is 3.50. The average Bonchev–Trinajstić information content (AvgIpc) is 2.01. The number of aliphatic carboxylic acids is 1. The van der Waals surface area contributed by atoms with E-state index >= 15 is 0 Å². The third-order valence-corrected chi connectivity index (χ3v) is 1.89. The highest BCUT2D eigenvalue weighted by Gasteiger charge is 2.16. The van der Waals surface area contributed by atoms with Gasteiger partial charge < -0.3 is 10.2 Å². The van der Waals surface area contributed by atoms with Gasteiger partial charge in [-0.1, -0.05) is 15.9 Å². The molecule has 0 bridgehead atoms. The summed E-state index contributed by atoms with van der Waals surface area (Å²) in [5.74, 6) is -2.00. The third kappa shape index (κ3) is 2.50. The predicted molar refractivity (Wildman–Crippen MR) is 46.7 cm³/mol. The van der Waals surface area contributed by atoms with Crippen LogP contribution in [0.4, 0.5) is 4.39 Å². The Morgan fingerprint density at radius 1 is 1.46 bits per heavy atom. The van der Waals surface area contributed by atoms with Gasteiger partial charge in [0.05, 0.1) is 0 Å². The van der Waals surface area contributed by atoms with Crippen molar-refractivity contribution in [2.45, 2.75) is 6.10 Å². The number of carboxylic acid groups (broad SMARTS) is 1. The lowest BCUT2D eigenvalue weighted by Gasteiger charge is -2.05. The summed E-state index contributed by atoms with van der Waals surface area (Å²) < 4.78 is 13.1. The van der Waals surface area contributed by atoms with Crippen LogP contribution in [0.2, 0.25) is 0 Å². The van der Waals surface area contributed by atoms with E-state index in [4.69, 9.17) is 10.2 Å². The van der Waals surface area contributed by atoms with Crippen LogP contribution in [0.3, 0.4) is 0 Å². The van der Waals surface area contributed by atoms with Crippen molar-refractivity contribution in [2.75, 3.05) is 0 Å². The van der Waals surface area contributed by atoms with Crippen LogP contribution in [0.15, 0.2) is 22.7 Å². The molecule has 0 aliphatic carbocycles. The van der Waals surface area contributed by atoms with E-state index in [9.17, 15) is 9.18 Å². The SMILES string of the molecule is O=C(O)[C@H](O)c1cc(F)cc(Br)c1. The molecule has 0 aliphatic rings. The van der Waals surface area contributed by atoms with Crippen molar-refractivity contribution >= 4 is 21.9 Å². The second-order valence-electron chi connectivity index (χ2n) is 2.44. The van der Waals surface area contributed by atoms with E-state index in [2.05, 4.69) is 15.9 Å². The maximum Gasteiger partial charge on any atom is 0.337 e. The second kappa shape index (κ2) is 3.85. The number of aliphatic hydroxyl groups is 1. The summed E-state index contributed by atoms with van der Waals surface area (Å²) in [6.45, 7) is 0. The van der Waals surface area contributed by atoms with Gasteiger partial charge in [0.15, 0.2) is 6.10 Å². The molecule has 0 aromatic heterocycles. The fourth-order valence-corrected chi connectivity index (χ4v) is 1.36. The zero-order valence-electron chi connectivity index (χ0n) is 6.37. The fraction of sp³-hybridized carbons (Fsp3) is 0.125. The maximum atomic E-state index is 12.7. The van der Waals surface area contributed by atoms with Gasteiger partial charge in [-0.3, -0.25) is 0 Å². The minimum Gasteiger partial charge on any atom is -0.479 e. The molecule has 0 unspecified atom stereocenters. The van der Waals surface area contributed by atoms with E-state index in [0.717, 1.165) is 6.07 Å². The van der Waals surface area contributed by atoms with Gasteiger partial charge in [0.2, 0.25) is 0 Å². The zero-order chi connectivity index (χ0) is 10.0. The van der Waals surface area contributed by atoms with Gasteiger partial charge in [0.25, 0.3) is 0 Å². The molecule has 0 spiro atoms. The van der Waals surface area contributed by atoms with Crippen molar-refractivity contribution in [2.24, 2.45) is 0 Å².